The number of alkyl halides is 3. The second-order valence-corrected chi connectivity index (χ2v) is 7.46. The van der Waals surface area contributed by atoms with E-state index in [-0.39, 0.29) is 16.8 Å². The molecule has 2 amide bonds. The molecule has 1 saturated heterocycles. The lowest BCUT2D eigenvalue weighted by Gasteiger charge is -2.32. The summed E-state index contributed by atoms with van der Waals surface area (Å²) in [6.45, 7) is 3.49. The van der Waals surface area contributed by atoms with Crippen LogP contribution in [-0.2, 0) is 12.7 Å². The zero-order valence-electron chi connectivity index (χ0n) is 15.9. The Kier molecular flexibility index (Phi) is 4.92. The Bertz CT molecular complexity index is 931. The molecule has 0 aromatic heterocycles. The Morgan fingerprint density at radius 3 is 2.03 bits per heavy atom. The van der Waals surface area contributed by atoms with Gasteiger partial charge >= 0.3 is 6.18 Å². The third-order valence-electron chi connectivity index (χ3n) is 5.36. The van der Waals surface area contributed by atoms with Gasteiger partial charge in [0.05, 0.1) is 22.4 Å². The lowest BCUT2D eigenvalue weighted by molar-refractivity contribution is -0.137. The summed E-state index contributed by atoms with van der Waals surface area (Å²) in [5.74, 6) is -1.20. The summed E-state index contributed by atoms with van der Waals surface area (Å²) in [5, 5.41) is 0. The number of imide groups is 1. The van der Waals surface area contributed by atoms with Crippen molar-refractivity contribution in [3.63, 3.8) is 0 Å². The molecule has 152 valence electrons. The highest BCUT2D eigenvalue weighted by molar-refractivity contribution is 6.34. The first-order chi connectivity index (χ1) is 13.7. The van der Waals surface area contributed by atoms with Crippen LogP contribution in [0.2, 0.25) is 0 Å². The summed E-state index contributed by atoms with van der Waals surface area (Å²) in [6, 6.07) is 9.74. The second-order valence-electron chi connectivity index (χ2n) is 7.46. The molecule has 4 rings (SSSR count). The Morgan fingerprint density at radius 2 is 1.48 bits per heavy atom. The van der Waals surface area contributed by atoms with Gasteiger partial charge < -0.3 is 4.90 Å². The predicted octanol–water partition coefficient (Wildman–Crippen LogP) is 3.25. The van der Waals surface area contributed by atoms with E-state index in [2.05, 4.69) is 9.80 Å². The van der Waals surface area contributed by atoms with E-state index in [1.165, 1.54) is 18.2 Å². The predicted molar refractivity (Wildman–Crippen MR) is 102 cm³/mol. The standard InChI is InChI=1S/C21H20F3N3O2/c1-25-6-8-26(9-7-25)13-14-10-15(21(22,23)24)12-16(11-14)27-19(28)17-4-2-3-5-18(17)20(27)29/h2-5,10-12H,6-9,13H2,1H3. The van der Waals surface area contributed by atoms with Crippen LogP contribution in [0, 0.1) is 0 Å². The van der Waals surface area contributed by atoms with Gasteiger partial charge in [-0.15, -0.1) is 0 Å². The number of halogens is 3. The van der Waals surface area contributed by atoms with Gasteiger partial charge in [-0.3, -0.25) is 14.5 Å². The van der Waals surface area contributed by atoms with Crippen molar-refractivity contribution >= 4 is 17.5 Å². The molecule has 0 N–H and O–H groups in total. The molecule has 29 heavy (non-hydrogen) atoms. The van der Waals surface area contributed by atoms with Crippen LogP contribution in [0.15, 0.2) is 42.5 Å². The van der Waals surface area contributed by atoms with Gasteiger partial charge in [-0.1, -0.05) is 12.1 Å². The molecule has 2 aromatic carbocycles. The lowest BCUT2D eigenvalue weighted by atomic mass is 10.1. The van der Waals surface area contributed by atoms with Crippen molar-refractivity contribution in [1.29, 1.82) is 0 Å². The number of amides is 2. The second kappa shape index (κ2) is 7.27. The first-order valence-electron chi connectivity index (χ1n) is 9.34. The Morgan fingerprint density at radius 1 is 0.897 bits per heavy atom. The number of piperazine rings is 1. The third kappa shape index (κ3) is 3.77. The average Bonchev–Trinajstić information content (AvgIpc) is 2.94. The van der Waals surface area contributed by atoms with E-state index in [4.69, 9.17) is 0 Å². The monoisotopic (exact) mass is 403 g/mol. The minimum Gasteiger partial charge on any atom is -0.304 e. The number of anilines is 1. The number of fused-ring (bicyclic) bond motifs is 1. The number of rotatable bonds is 3. The molecule has 2 aliphatic heterocycles. The Hall–Kier alpha value is -2.71. The fourth-order valence-electron chi connectivity index (χ4n) is 3.75. The van der Waals surface area contributed by atoms with Crippen molar-refractivity contribution < 1.29 is 22.8 Å². The smallest absolute Gasteiger partial charge is 0.304 e. The first-order valence-corrected chi connectivity index (χ1v) is 9.34. The van der Waals surface area contributed by atoms with Gasteiger partial charge in [0.1, 0.15) is 0 Å². The van der Waals surface area contributed by atoms with Crippen molar-refractivity contribution in [2.24, 2.45) is 0 Å². The molecular formula is C21H20F3N3O2. The van der Waals surface area contributed by atoms with Crippen LogP contribution in [0.3, 0.4) is 0 Å². The average molecular weight is 403 g/mol. The van der Waals surface area contributed by atoms with Crippen molar-refractivity contribution in [1.82, 2.24) is 9.80 Å². The molecule has 0 radical (unpaired) electrons. The number of benzene rings is 2. The highest BCUT2D eigenvalue weighted by Gasteiger charge is 2.38. The van der Waals surface area contributed by atoms with E-state index in [9.17, 15) is 22.8 Å². The minimum atomic E-state index is -4.58. The molecule has 0 aliphatic carbocycles. The largest absolute Gasteiger partial charge is 0.416 e. The number of carbonyl (C=O) groups is 2. The lowest BCUT2D eigenvalue weighted by Crippen LogP contribution is -2.43. The normalized spacial score (nSPS) is 18.4. The number of nitrogens with zero attached hydrogens (tertiary/aromatic N) is 3. The molecule has 0 bridgehead atoms. The van der Waals surface area contributed by atoms with E-state index in [1.807, 2.05) is 7.05 Å². The topological polar surface area (TPSA) is 43.9 Å². The summed E-state index contributed by atoms with van der Waals surface area (Å²) in [4.78, 5) is 30.5. The fraction of sp³-hybridized carbons (Fsp3) is 0.333. The summed E-state index contributed by atoms with van der Waals surface area (Å²) in [6.07, 6.45) is -4.58. The summed E-state index contributed by atoms with van der Waals surface area (Å²) in [5.41, 5.74) is -0.0761. The fourth-order valence-corrected chi connectivity index (χ4v) is 3.75. The van der Waals surface area contributed by atoms with E-state index in [0.717, 1.165) is 43.2 Å². The van der Waals surface area contributed by atoms with Crippen LogP contribution in [-0.4, -0.2) is 54.8 Å². The quantitative estimate of drug-likeness (QED) is 0.738. The zero-order valence-corrected chi connectivity index (χ0v) is 15.9. The molecule has 0 atom stereocenters. The maximum absolute atomic E-state index is 13.5. The highest BCUT2D eigenvalue weighted by Crippen LogP contribution is 2.36. The maximum atomic E-state index is 13.5. The molecule has 0 saturated carbocycles. The minimum absolute atomic E-state index is 0.0462. The van der Waals surface area contributed by atoms with Gasteiger partial charge in [-0.2, -0.15) is 13.2 Å². The van der Waals surface area contributed by atoms with E-state index >= 15 is 0 Å². The van der Waals surface area contributed by atoms with Crippen LogP contribution < -0.4 is 4.90 Å². The van der Waals surface area contributed by atoms with Gasteiger partial charge in [0.2, 0.25) is 0 Å². The Balaban J connectivity index is 1.70. The Labute approximate surface area is 166 Å². The van der Waals surface area contributed by atoms with Gasteiger partial charge in [0.15, 0.2) is 0 Å². The first kappa shape index (κ1) is 19.6. The molecule has 2 aliphatic rings. The number of hydrogen-bond donors (Lipinski definition) is 0. The molecule has 5 nitrogen and oxygen atoms in total. The third-order valence-corrected chi connectivity index (χ3v) is 5.36. The zero-order chi connectivity index (χ0) is 20.8. The van der Waals surface area contributed by atoms with Crippen LogP contribution in [0.25, 0.3) is 0 Å². The molecule has 8 heteroatoms. The van der Waals surface area contributed by atoms with E-state index in [1.54, 1.807) is 12.1 Å². The van der Waals surface area contributed by atoms with Gasteiger partial charge in [0, 0.05) is 32.7 Å². The summed E-state index contributed by atoms with van der Waals surface area (Å²) >= 11 is 0. The molecule has 1 fully saturated rings. The molecule has 2 aromatic rings. The summed E-state index contributed by atoms with van der Waals surface area (Å²) < 4.78 is 40.5. The van der Waals surface area contributed by atoms with E-state index < -0.39 is 23.6 Å². The molecule has 2 heterocycles. The number of likely N-dealkylation sites (N-methyl/N-ethyl adjacent to an activating group) is 1. The van der Waals surface area contributed by atoms with Gasteiger partial charge in [-0.25, -0.2) is 4.90 Å². The molecular weight excluding hydrogens is 383 g/mol. The molecule has 0 unspecified atom stereocenters. The van der Waals surface area contributed by atoms with Crippen molar-refractivity contribution in [2.75, 3.05) is 38.1 Å². The number of hydrogen-bond acceptors (Lipinski definition) is 4. The van der Waals surface area contributed by atoms with Crippen LogP contribution >= 0.6 is 0 Å². The van der Waals surface area contributed by atoms with Gasteiger partial charge in [-0.05, 0) is 42.9 Å². The van der Waals surface area contributed by atoms with Crippen LogP contribution in [0.1, 0.15) is 31.8 Å². The van der Waals surface area contributed by atoms with Gasteiger partial charge in [0.25, 0.3) is 11.8 Å². The van der Waals surface area contributed by atoms with Crippen molar-refractivity contribution in [2.45, 2.75) is 12.7 Å². The van der Waals surface area contributed by atoms with Crippen LogP contribution in [0.4, 0.5) is 18.9 Å². The molecule has 0 spiro atoms. The van der Waals surface area contributed by atoms with Crippen molar-refractivity contribution in [3.05, 3.63) is 64.7 Å². The SMILES string of the molecule is CN1CCN(Cc2cc(N3C(=O)c4ccccc4C3=O)cc(C(F)(F)F)c2)CC1. The summed E-state index contributed by atoms with van der Waals surface area (Å²) in [7, 11) is 2.00. The number of carbonyl (C=O) groups excluding carboxylic acids is 2. The highest BCUT2D eigenvalue weighted by atomic mass is 19.4. The van der Waals surface area contributed by atoms with Crippen LogP contribution in [0.5, 0.6) is 0 Å². The maximum Gasteiger partial charge on any atom is 0.416 e. The van der Waals surface area contributed by atoms with E-state index in [0.29, 0.717) is 12.1 Å². The van der Waals surface area contributed by atoms with Crippen molar-refractivity contribution in [3.8, 4) is 0 Å².